The SMILES string of the molecule is CC(C)Oc1ncnc(NNC(=O)c2cccnc2)c1N. The lowest BCUT2D eigenvalue weighted by Gasteiger charge is -2.14. The highest BCUT2D eigenvalue weighted by molar-refractivity contribution is 5.94. The Hall–Kier alpha value is -2.90. The summed E-state index contributed by atoms with van der Waals surface area (Å²) in [6, 6.07) is 3.31. The predicted octanol–water partition coefficient (Wildman–Crippen LogP) is 0.998. The van der Waals surface area contributed by atoms with Crippen molar-refractivity contribution in [3.63, 3.8) is 0 Å². The molecule has 110 valence electrons. The van der Waals surface area contributed by atoms with Gasteiger partial charge in [-0.3, -0.25) is 20.6 Å². The van der Waals surface area contributed by atoms with Gasteiger partial charge < -0.3 is 10.5 Å². The maximum absolute atomic E-state index is 11.9. The number of nitrogens with one attached hydrogen (secondary N) is 2. The third-order valence-electron chi connectivity index (χ3n) is 2.41. The third kappa shape index (κ3) is 3.78. The van der Waals surface area contributed by atoms with Crippen LogP contribution in [0.15, 0.2) is 30.9 Å². The van der Waals surface area contributed by atoms with Crippen LogP contribution in [0.4, 0.5) is 11.5 Å². The molecule has 2 heterocycles. The van der Waals surface area contributed by atoms with Crippen molar-refractivity contribution in [2.45, 2.75) is 20.0 Å². The summed E-state index contributed by atoms with van der Waals surface area (Å²) >= 11 is 0. The molecule has 0 fully saturated rings. The van der Waals surface area contributed by atoms with Gasteiger partial charge in [0.05, 0.1) is 11.7 Å². The number of pyridine rings is 1. The van der Waals surface area contributed by atoms with Crippen molar-refractivity contribution in [1.29, 1.82) is 0 Å². The second kappa shape index (κ2) is 6.51. The number of hydrogen-bond donors (Lipinski definition) is 3. The molecule has 2 rings (SSSR count). The van der Waals surface area contributed by atoms with E-state index in [4.69, 9.17) is 10.5 Å². The van der Waals surface area contributed by atoms with E-state index in [2.05, 4.69) is 25.8 Å². The van der Waals surface area contributed by atoms with E-state index in [9.17, 15) is 4.79 Å². The van der Waals surface area contributed by atoms with Crippen molar-refractivity contribution in [2.24, 2.45) is 0 Å². The molecule has 0 radical (unpaired) electrons. The molecule has 4 N–H and O–H groups in total. The summed E-state index contributed by atoms with van der Waals surface area (Å²) in [7, 11) is 0. The average Bonchev–Trinajstić information content (AvgIpc) is 2.48. The zero-order valence-electron chi connectivity index (χ0n) is 11.7. The number of hydrazine groups is 1. The van der Waals surface area contributed by atoms with E-state index >= 15 is 0 Å². The molecule has 0 unspecified atom stereocenters. The van der Waals surface area contributed by atoms with Gasteiger partial charge in [0.15, 0.2) is 5.82 Å². The van der Waals surface area contributed by atoms with Gasteiger partial charge in [-0.15, -0.1) is 0 Å². The standard InChI is InChI=1S/C13H16N6O2/c1-8(2)21-13-10(14)11(16-7-17-13)18-19-12(20)9-4-3-5-15-6-9/h3-8H,14H2,1-2H3,(H,19,20)(H,16,17,18). The van der Waals surface area contributed by atoms with Gasteiger partial charge >= 0.3 is 0 Å². The normalized spacial score (nSPS) is 10.2. The molecule has 0 atom stereocenters. The topological polar surface area (TPSA) is 115 Å². The number of rotatable bonds is 5. The Morgan fingerprint density at radius 3 is 2.86 bits per heavy atom. The van der Waals surface area contributed by atoms with Gasteiger partial charge in [0.25, 0.3) is 5.91 Å². The zero-order chi connectivity index (χ0) is 15.2. The van der Waals surface area contributed by atoms with E-state index in [1.54, 1.807) is 18.3 Å². The van der Waals surface area contributed by atoms with E-state index in [-0.39, 0.29) is 29.4 Å². The van der Waals surface area contributed by atoms with Crippen LogP contribution in [0, 0.1) is 0 Å². The molecular weight excluding hydrogens is 272 g/mol. The zero-order valence-corrected chi connectivity index (χ0v) is 11.7. The van der Waals surface area contributed by atoms with Gasteiger partial charge in [-0.1, -0.05) is 0 Å². The third-order valence-corrected chi connectivity index (χ3v) is 2.41. The lowest BCUT2D eigenvalue weighted by Crippen LogP contribution is -2.30. The number of carbonyl (C=O) groups excluding carboxylic acids is 1. The fourth-order valence-corrected chi connectivity index (χ4v) is 1.48. The van der Waals surface area contributed by atoms with Crippen molar-refractivity contribution in [3.8, 4) is 5.88 Å². The molecule has 1 amide bonds. The lowest BCUT2D eigenvalue weighted by molar-refractivity contribution is 0.0962. The number of carbonyl (C=O) groups is 1. The number of nitrogen functional groups attached to an aromatic ring is 1. The summed E-state index contributed by atoms with van der Waals surface area (Å²) in [6.07, 6.45) is 4.27. The lowest BCUT2D eigenvalue weighted by atomic mass is 10.3. The van der Waals surface area contributed by atoms with Crippen molar-refractivity contribution >= 4 is 17.4 Å². The van der Waals surface area contributed by atoms with E-state index < -0.39 is 0 Å². The van der Waals surface area contributed by atoms with Gasteiger partial charge in [-0.05, 0) is 26.0 Å². The van der Waals surface area contributed by atoms with Gasteiger partial charge in [-0.2, -0.15) is 4.98 Å². The Kier molecular flexibility index (Phi) is 4.50. The predicted molar refractivity (Wildman–Crippen MR) is 77.5 cm³/mol. The first-order chi connectivity index (χ1) is 10.1. The fraction of sp³-hybridized carbons (Fsp3) is 0.231. The molecule has 0 aliphatic carbocycles. The maximum atomic E-state index is 11.9. The Labute approximate surface area is 121 Å². The first-order valence-electron chi connectivity index (χ1n) is 6.31. The van der Waals surface area contributed by atoms with Crippen LogP contribution in [0.5, 0.6) is 5.88 Å². The first kappa shape index (κ1) is 14.5. The number of nitrogens with two attached hydrogens (primary N) is 1. The fourth-order valence-electron chi connectivity index (χ4n) is 1.48. The van der Waals surface area contributed by atoms with Gasteiger partial charge in [0, 0.05) is 12.4 Å². The van der Waals surface area contributed by atoms with Crippen molar-refractivity contribution in [2.75, 3.05) is 11.2 Å². The number of nitrogens with zero attached hydrogens (tertiary/aromatic N) is 3. The summed E-state index contributed by atoms with van der Waals surface area (Å²) in [5.41, 5.74) is 11.6. The highest BCUT2D eigenvalue weighted by Crippen LogP contribution is 2.24. The second-order valence-corrected chi connectivity index (χ2v) is 4.43. The highest BCUT2D eigenvalue weighted by Gasteiger charge is 2.12. The van der Waals surface area contributed by atoms with E-state index in [1.807, 2.05) is 13.8 Å². The summed E-state index contributed by atoms with van der Waals surface area (Å²) in [4.78, 5) is 23.6. The van der Waals surface area contributed by atoms with Crippen LogP contribution in [0.2, 0.25) is 0 Å². The van der Waals surface area contributed by atoms with Crippen molar-refractivity contribution < 1.29 is 9.53 Å². The van der Waals surface area contributed by atoms with Crippen molar-refractivity contribution in [1.82, 2.24) is 20.4 Å². The number of amides is 1. The van der Waals surface area contributed by atoms with Crippen LogP contribution in [0.3, 0.4) is 0 Å². The summed E-state index contributed by atoms with van der Waals surface area (Å²) in [5, 5.41) is 0. The Bertz CT molecular complexity index is 617. The molecule has 0 bridgehead atoms. The minimum atomic E-state index is -0.354. The summed E-state index contributed by atoms with van der Waals surface area (Å²) in [6.45, 7) is 3.72. The van der Waals surface area contributed by atoms with E-state index in [1.165, 1.54) is 12.5 Å². The van der Waals surface area contributed by atoms with E-state index in [0.29, 0.717) is 5.56 Å². The molecule has 0 aliphatic heterocycles. The van der Waals surface area contributed by atoms with Gasteiger partial charge in [0.2, 0.25) is 5.88 Å². The number of aromatic nitrogens is 3. The van der Waals surface area contributed by atoms with Crippen LogP contribution >= 0.6 is 0 Å². The minimum absolute atomic E-state index is 0.0694. The van der Waals surface area contributed by atoms with Crippen molar-refractivity contribution in [3.05, 3.63) is 36.4 Å². The average molecular weight is 288 g/mol. The molecule has 8 heteroatoms. The number of anilines is 2. The smallest absolute Gasteiger partial charge is 0.271 e. The molecule has 0 aliphatic rings. The van der Waals surface area contributed by atoms with Crippen LogP contribution in [0.1, 0.15) is 24.2 Å². The summed E-state index contributed by atoms with van der Waals surface area (Å²) < 4.78 is 5.44. The highest BCUT2D eigenvalue weighted by atomic mass is 16.5. The Morgan fingerprint density at radius 1 is 1.38 bits per heavy atom. The first-order valence-corrected chi connectivity index (χ1v) is 6.31. The summed E-state index contributed by atoms with van der Waals surface area (Å²) in [5.74, 6) is 0.170. The molecule has 21 heavy (non-hydrogen) atoms. The van der Waals surface area contributed by atoms with Crippen LogP contribution in [-0.2, 0) is 0 Å². The number of hydrogen-bond acceptors (Lipinski definition) is 7. The van der Waals surface area contributed by atoms with Crippen LogP contribution in [0.25, 0.3) is 0 Å². The van der Waals surface area contributed by atoms with Gasteiger partial charge in [0.1, 0.15) is 12.0 Å². The maximum Gasteiger partial charge on any atom is 0.271 e. The molecule has 2 aromatic heterocycles. The second-order valence-electron chi connectivity index (χ2n) is 4.43. The van der Waals surface area contributed by atoms with Crippen LogP contribution in [-0.4, -0.2) is 27.0 Å². The molecule has 8 nitrogen and oxygen atoms in total. The quantitative estimate of drug-likeness (QED) is 0.703. The molecule has 0 saturated carbocycles. The minimum Gasteiger partial charge on any atom is -0.473 e. The molecule has 0 aromatic carbocycles. The molecular formula is C13H16N6O2. The molecule has 0 saturated heterocycles. The largest absolute Gasteiger partial charge is 0.473 e. The molecule has 2 aromatic rings. The monoisotopic (exact) mass is 288 g/mol. The number of ether oxygens (including phenoxy) is 1. The Morgan fingerprint density at radius 2 is 2.19 bits per heavy atom. The van der Waals surface area contributed by atoms with Gasteiger partial charge in [-0.25, -0.2) is 4.98 Å². The van der Waals surface area contributed by atoms with Crippen LogP contribution < -0.4 is 21.3 Å². The van der Waals surface area contributed by atoms with E-state index in [0.717, 1.165) is 0 Å². The molecule has 0 spiro atoms. The Balaban J connectivity index is 2.05.